The van der Waals surface area contributed by atoms with Gasteiger partial charge in [0.1, 0.15) is 12.1 Å². The van der Waals surface area contributed by atoms with Crippen LogP contribution in [-0.4, -0.2) is 35.6 Å². The largest absolute Gasteiger partial charge is 0.296 e. The standard InChI is InChI=1S/C26H16N6O4/c27-13-19-5-1-3-7-21(19)29-31-23(15-33)25(35)17-9-11-18(12-10-17)26(36)24(16-34)32-30-22-8-4-2-6-20(22)14-28/h1-12,15-16,29-30H. The second-order valence-electron chi connectivity index (χ2n) is 7.00. The molecule has 0 unspecified atom stereocenters. The SMILES string of the molecule is N#Cc1ccccc1NN=C(C=O)C(=O)c1ccc(C(=O)C(C=O)=NNc2ccccc2C#N)cc1. The lowest BCUT2D eigenvalue weighted by atomic mass is 10.0. The van der Waals surface area contributed by atoms with Crippen LogP contribution in [0.5, 0.6) is 0 Å². The molecule has 3 aromatic carbocycles. The van der Waals surface area contributed by atoms with Crippen molar-refractivity contribution in [3.05, 3.63) is 95.1 Å². The Labute approximate surface area is 205 Å². The maximum atomic E-state index is 12.7. The summed E-state index contributed by atoms with van der Waals surface area (Å²) in [4.78, 5) is 48.2. The molecule has 2 N–H and O–H groups in total. The van der Waals surface area contributed by atoms with Crippen molar-refractivity contribution in [3.8, 4) is 12.1 Å². The number of carbonyl (C=O) groups is 4. The molecule has 0 aromatic heterocycles. The Bertz CT molecular complexity index is 1360. The minimum atomic E-state index is -0.718. The van der Waals surface area contributed by atoms with Gasteiger partial charge >= 0.3 is 0 Å². The molecule has 0 saturated heterocycles. The van der Waals surface area contributed by atoms with Crippen LogP contribution in [0.4, 0.5) is 11.4 Å². The Morgan fingerprint density at radius 1 is 0.639 bits per heavy atom. The molecule has 174 valence electrons. The van der Waals surface area contributed by atoms with Gasteiger partial charge in [-0.1, -0.05) is 48.5 Å². The van der Waals surface area contributed by atoms with Crippen molar-refractivity contribution in [2.45, 2.75) is 0 Å². The molecule has 0 amide bonds. The predicted molar refractivity (Wildman–Crippen MR) is 132 cm³/mol. The number of aldehydes is 2. The maximum absolute atomic E-state index is 12.7. The summed E-state index contributed by atoms with van der Waals surface area (Å²) in [6.45, 7) is 0. The number of benzene rings is 3. The fraction of sp³-hybridized carbons (Fsp3) is 0. The van der Waals surface area contributed by atoms with Crippen LogP contribution in [0.2, 0.25) is 0 Å². The van der Waals surface area contributed by atoms with Gasteiger partial charge in [0.2, 0.25) is 11.6 Å². The van der Waals surface area contributed by atoms with E-state index in [0.717, 1.165) is 0 Å². The predicted octanol–water partition coefficient (Wildman–Crippen LogP) is 3.13. The molecule has 10 nitrogen and oxygen atoms in total. The summed E-state index contributed by atoms with van der Waals surface area (Å²) >= 11 is 0. The molecule has 0 radical (unpaired) electrons. The van der Waals surface area contributed by atoms with Gasteiger partial charge in [-0.15, -0.1) is 0 Å². The minimum absolute atomic E-state index is 0.0680. The molecular weight excluding hydrogens is 460 g/mol. The summed E-state index contributed by atoms with van der Waals surface area (Å²) in [6, 6.07) is 22.0. The lowest BCUT2D eigenvalue weighted by molar-refractivity contribution is -0.103. The lowest BCUT2D eigenvalue weighted by Gasteiger charge is -2.06. The van der Waals surface area contributed by atoms with Gasteiger partial charge in [0.15, 0.2) is 24.0 Å². The molecule has 10 heteroatoms. The first-order valence-corrected chi connectivity index (χ1v) is 10.3. The number of rotatable bonds is 10. The molecule has 3 aromatic rings. The number of para-hydroxylation sites is 2. The van der Waals surface area contributed by atoms with Crippen molar-refractivity contribution in [2.24, 2.45) is 10.2 Å². The zero-order valence-corrected chi connectivity index (χ0v) is 18.5. The molecule has 0 aliphatic heterocycles. The monoisotopic (exact) mass is 476 g/mol. The number of hydrazone groups is 2. The van der Waals surface area contributed by atoms with Crippen molar-refractivity contribution in [3.63, 3.8) is 0 Å². The Hall–Kier alpha value is -5.74. The first-order chi connectivity index (χ1) is 17.5. The van der Waals surface area contributed by atoms with Gasteiger partial charge in [-0.25, -0.2) is 0 Å². The topological polar surface area (TPSA) is 165 Å². The van der Waals surface area contributed by atoms with E-state index in [1.54, 1.807) is 48.5 Å². The van der Waals surface area contributed by atoms with Gasteiger partial charge in [0.25, 0.3) is 0 Å². The third kappa shape index (κ3) is 5.78. The van der Waals surface area contributed by atoms with E-state index < -0.39 is 23.0 Å². The molecule has 36 heavy (non-hydrogen) atoms. The Kier molecular flexibility index (Phi) is 8.25. The molecule has 0 atom stereocenters. The number of nitrogens with one attached hydrogen (secondary N) is 2. The van der Waals surface area contributed by atoms with Crippen LogP contribution >= 0.6 is 0 Å². The summed E-state index contributed by atoms with van der Waals surface area (Å²) < 4.78 is 0. The van der Waals surface area contributed by atoms with Gasteiger partial charge in [0, 0.05) is 11.1 Å². The average Bonchev–Trinajstić information content (AvgIpc) is 2.93. The van der Waals surface area contributed by atoms with Crippen LogP contribution in [0, 0.1) is 22.7 Å². The highest BCUT2D eigenvalue weighted by Gasteiger charge is 2.18. The highest BCUT2D eigenvalue weighted by atomic mass is 16.1. The maximum Gasteiger partial charge on any atom is 0.216 e. The van der Waals surface area contributed by atoms with Gasteiger partial charge < -0.3 is 0 Å². The number of nitriles is 2. The number of nitrogens with zero attached hydrogens (tertiary/aromatic N) is 4. The van der Waals surface area contributed by atoms with E-state index in [1.165, 1.54) is 24.3 Å². The second-order valence-corrected chi connectivity index (χ2v) is 7.00. The summed E-state index contributed by atoms with van der Waals surface area (Å²) in [7, 11) is 0. The molecule has 0 aliphatic rings. The zero-order chi connectivity index (χ0) is 25.9. The number of Topliss-reactive ketones (excluding diaryl/α,β-unsaturated/α-hetero) is 2. The first-order valence-electron chi connectivity index (χ1n) is 10.3. The van der Waals surface area contributed by atoms with E-state index in [2.05, 4.69) is 21.1 Å². The third-order valence-electron chi connectivity index (χ3n) is 4.79. The van der Waals surface area contributed by atoms with E-state index in [4.69, 9.17) is 10.5 Å². The van der Waals surface area contributed by atoms with Crippen molar-refractivity contribution in [1.82, 2.24) is 0 Å². The van der Waals surface area contributed by atoms with E-state index in [-0.39, 0.29) is 34.8 Å². The summed E-state index contributed by atoms with van der Waals surface area (Å²) in [6.07, 6.45) is 0.538. The van der Waals surface area contributed by atoms with Crippen molar-refractivity contribution in [2.75, 3.05) is 10.9 Å². The molecule has 0 aliphatic carbocycles. The van der Waals surface area contributed by atoms with Crippen LogP contribution in [0.3, 0.4) is 0 Å². The van der Waals surface area contributed by atoms with Crippen LogP contribution in [0.1, 0.15) is 31.8 Å². The number of carbonyl (C=O) groups excluding carboxylic acids is 4. The Morgan fingerprint density at radius 2 is 1.00 bits per heavy atom. The van der Waals surface area contributed by atoms with Crippen molar-refractivity contribution in [1.29, 1.82) is 10.5 Å². The first kappa shape index (κ1) is 24.9. The molecule has 0 fully saturated rings. The summed E-state index contributed by atoms with van der Waals surface area (Å²) in [5.41, 5.74) is 5.50. The van der Waals surface area contributed by atoms with Crippen molar-refractivity contribution >= 4 is 46.9 Å². The zero-order valence-electron chi connectivity index (χ0n) is 18.5. The van der Waals surface area contributed by atoms with Gasteiger partial charge in [-0.2, -0.15) is 20.7 Å². The quantitative estimate of drug-likeness (QED) is 0.148. The van der Waals surface area contributed by atoms with Crippen molar-refractivity contribution < 1.29 is 19.2 Å². The second kappa shape index (κ2) is 11.9. The minimum Gasteiger partial charge on any atom is -0.296 e. The third-order valence-corrected chi connectivity index (χ3v) is 4.79. The fourth-order valence-electron chi connectivity index (χ4n) is 2.93. The number of ketones is 2. The molecule has 3 rings (SSSR count). The van der Waals surface area contributed by atoms with Crippen LogP contribution in [0.25, 0.3) is 0 Å². The number of anilines is 2. The molecular formula is C26H16N6O4. The summed E-state index contributed by atoms with van der Waals surface area (Å²) in [5.74, 6) is -1.44. The van der Waals surface area contributed by atoms with E-state index >= 15 is 0 Å². The van der Waals surface area contributed by atoms with Gasteiger partial charge in [-0.3, -0.25) is 30.0 Å². The molecule has 0 bridgehead atoms. The highest BCUT2D eigenvalue weighted by Crippen LogP contribution is 2.15. The van der Waals surface area contributed by atoms with Gasteiger partial charge in [-0.05, 0) is 24.3 Å². The summed E-state index contributed by atoms with van der Waals surface area (Å²) in [5, 5.41) is 25.8. The van der Waals surface area contributed by atoms with Crippen LogP contribution in [0.15, 0.2) is 83.0 Å². The normalized spacial score (nSPS) is 10.9. The lowest BCUT2D eigenvalue weighted by Crippen LogP contribution is -2.19. The van der Waals surface area contributed by atoms with Crippen LogP contribution in [-0.2, 0) is 9.59 Å². The Morgan fingerprint density at radius 3 is 1.33 bits per heavy atom. The van der Waals surface area contributed by atoms with E-state index in [0.29, 0.717) is 11.4 Å². The smallest absolute Gasteiger partial charge is 0.216 e. The number of hydrogen-bond donors (Lipinski definition) is 2. The highest BCUT2D eigenvalue weighted by molar-refractivity contribution is 6.64. The van der Waals surface area contributed by atoms with Gasteiger partial charge in [0.05, 0.1) is 22.5 Å². The molecule has 0 heterocycles. The molecule has 0 spiro atoms. The Balaban J connectivity index is 1.76. The fourth-order valence-corrected chi connectivity index (χ4v) is 2.93. The number of hydrogen-bond acceptors (Lipinski definition) is 10. The van der Waals surface area contributed by atoms with E-state index in [9.17, 15) is 19.2 Å². The molecule has 0 saturated carbocycles. The average molecular weight is 476 g/mol. The van der Waals surface area contributed by atoms with E-state index in [1.807, 2.05) is 12.1 Å². The van der Waals surface area contributed by atoms with Crippen LogP contribution < -0.4 is 10.9 Å².